The molecule has 1 heterocycles. The van der Waals surface area contributed by atoms with Crippen LogP contribution in [0.3, 0.4) is 0 Å². The third-order valence-electron chi connectivity index (χ3n) is 2.98. The highest BCUT2D eigenvalue weighted by atomic mass is 35.5. The van der Waals surface area contributed by atoms with Gasteiger partial charge in [0.05, 0.1) is 17.7 Å². The van der Waals surface area contributed by atoms with Gasteiger partial charge in [0.15, 0.2) is 11.3 Å². The van der Waals surface area contributed by atoms with Crippen LogP contribution in [0.4, 0.5) is 0 Å². The molecule has 2 rings (SSSR count). The molecule has 120 valence electrons. The van der Waals surface area contributed by atoms with Crippen molar-refractivity contribution in [3.8, 4) is 0 Å². The molecule has 0 spiro atoms. The predicted octanol–water partition coefficient (Wildman–Crippen LogP) is 2.85. The molecule has 1 atom stereocenters. The second kappa shape index (κ2) is 7.63. The summed E-state index contributed by atoms with van der Waals surface area (Å²) in [6.45, 7) is 4.92. The first-order valence-electron chi connectivity index (χ1n) is 7.19. The van der Waals surface area contributed by atoms with Gasteiger partial charge in [-0.15, -0.1) is 0 Å². The maximum atomic E-state index is 12.0. The van der Waals surface area contributed by atoms with Crippen LogP contribution in [0.5, 0.6) is 0 Å². The number of fused-ring (bicyclic) bond motifs is 1. The van der Waals surface area contributed by atoms with E-state index in [1.807, 2.05) is 19.9 Å². The summed E-state index contributed by atoms with van der Waals surface area (Å²) in [5.41, 5.74) is 0.482. The number of hydrogen-bond acceptors (Lipinski definition) is 4. The zero-order chi connectivity index (χ0) is 16.1. The van der Waals surface area contributed by atoms with Gasteiger partial charge < -0.3 is 19.6 Å². The Morgan fingerprint density at radius 1 is 1.41 bits per heavy atom. The molecule has 1 aromatic heterocycles. The Bertz CT molecular complexity index is 638. The van der Waals surface area contributed by atoms with Gasteiger partial charge in [0.2, 0.25) is 0 Å². The van der Waals surface area contributed by atoms with E-state index in [0.717, 1.165) is 5.39 Å². The maximum absolute atomic E-state index is 12.0. The number of amides is 1. The van der Waals surface area contributed by atoms with Crippen LogP contribution >= 0.6 is 11.6 Å². The van der Waals surface area contributed by atoms with Crippen molar-refractivity contribution in [2.75, 3.05) is 19.8 Å². The molecule has 1 unspecified atom stereocenters. The Kier molecular flexibility index (Phi) is 5.83. The van der Waals surface area contributed by atoms with Crippen molar-refractivity contribution >= 4 is 28.5 Å². The van der Waals surface area contributed by atoms with Crippen LogP contribution in [0.1, 0.15) is 24.4 Å². The van der Waals surface area contributed by atoms with Crippen molar-refractivity contribution in [2.24, 2.45) is 5.92 Å². The van der Waals surface area contributed by atoms with Crippen molar-refractivity contribution in [2.45, 2.75) is 20.0 Å². The van der Waals surface area contributed by atoms with Crippen LogP contribution in [0.15, 0.2) is 28.7 Å². The zero-order valence-electron chi connectivity index (χ0n) is 12.6. The van der Waals surface area contributed by atoms with E-state index in [0.29, 0.717) is 23.1 Å². The van der Waals surface area contributed by atoms with E-state index in [4.69, 9.17) is 20.8 Å². The number of rotatable bonds is 7. The van der Waals surface area contributed by atoms with E-state index in [9.17, 15) is 9.90 Å². The second-order valence-corrected chi connectivity index (χ2v) is 5.97. The Morgan fingerprint density at radius 2 is 2.18 bits per heavy atom. The largest absolute Gasteiger partial charge is 0.449 e. The minimum atomic E-state index is -0.754. The monoisotopic (exact) mass is 325 g/mol. The van der Waals surface area contributed by atoms with E-state index >= 15 is 0 Å². The highest BCUT2D eigenvalue weighted by Gasteiger charge is 2.15. The average molecular weight is 326 g/mol. The highest BCUT2D eigenvalue weighted by Crippen LogP contribution is 2.26. The number of halogens is 1. The number of para-hydroxylation sites is 1. The van der Waals surface area contributed by atoms with Crippen molar-refractivity contribution in [3.05, 3.63) is 35.0 Å². The van der Waals surface area contributed by atoms with Gasteiger partial charge >= 0.3 is 0 Å². The molecule has 0 saturated carbocycles. The van der Waals surface area contributed by atoms with Gasteiger partial charge in [-0.1, -0.05) is 37.6 Å². The number of ether oxygens (including phenoxy) is 1. The lowest BCUT2D eigenvalue weighted by molar-refractivity contribution is 0.0257. The van der Waals surface area contributed by atoms with Crippen LogP contribution in [0, 0.1) is 5.92 Å². The lowest BCUT2D eigenvalue weighted by Crippen LogP contribution is -2.34. The standard InChI is InChI=1S/C16H20ClNO4/c1-10(2)8-21-9-12(19)7-18-16(20)14-6-11-4-3-5-13(17)15(11)22-14/h3-6,10,12,19H,7-9H2,1-2H3,(H,18,20). The van der Waals surface area contributed by atoms with Gasteiger partial charge in [-0.25, -0.2) is 0 Å². The molecule has 0 saturated heterocycles. The van der Waals surface area contributed by atoms with Crippen molar-refractivity contribution in [3.63, 3.8) is 0 Å². The minimum Gasteiger partial charge on any atom is -0.449 e. The Hall–Kier alpha value is -1.56. The van der Waals surface area contributed by atoms with Crippen molar-refractivity contribution in [1.29, 1.82) is 0 Å². The average Bonchev–Trinajstić information content (AvgIpc) is 2.90. The molecule has 2 aromatic rings. The molecule has 5 nitrogen and oxygen atoms in total. The predicted molar refractivity (Wildman–Crippen MR) is 85.2 cm³/mol. The number of carbonyl (C=O) groups excluding carboxylic acids is 1. The lowest BCUT2D eigenvalue weighted by atomic mass is 10.2. The summed E-state index contributed by atoms with van der Waals surface area (Å²) in [5.74, 6) is 0.177. The summed E-state index contributed by atoms with van der Waals surface area (Å²) in [6.07, 6.45) is -0.754. The Morgan fingerprint density at radius 3 is 2.86 bits per heavy atom. The van der Waals surface area contributed by atoms with Gasteiger partial charge in [0.1, 0.15) is 0 Å². The lowest BCUT2D eigenvalue weighted by Gasteiger charge is -2.12. The SMILES string of the molecule is CC(C)COCC(O)CNC(=O)c1cc2cccc(Cl)c2o1. The number of aliphatic hydroxyl groups excluding tert-OH is 1. The minimum absolute atomic E-state index is 0.0989. The van der Waals surface area contributed by atoms with Gasteiger partial charge in [-0.3, -0.25) is 4.79 Å². The molecule has 22 heavy (non-hydrogen) atoms. The van der Waals surface area contributed by atoms with Crippen LogP contribution < -0.4 is 5.32 Å². The number of aliphatic hydroxyl groups is 1. The molecule has 0 aliphatic heterocycles. The molecule has 0 radical (unpaired) electrons. The van der Waals surface area contributed by atoms with Gasteiger partial charge in [-0.2, -0.15) is 0 Å². The summed E-state index contributed by atoms with van der Waals surface area (Å²) in [4.78, 5) is 12.0. The fourth-order valence-electron chi connectivity index (χ4n) is 1.94. The second-order valence-electron chi connectivity index (χ2n) is 5.56. The zero-order valence-corrected chi connectivity index (χ0v) is 13.4. The molecule has 0 aliphatic rings. The number of benzene rings is 1. The number of nitrogens with one attached hydrogen (secondary N) is 1. The number of carbonyl (C=O) groups is 1. The fourth-order valence-corrected chi connectivity index (χ4v) is 2.16. The third-order valence-corrected chi connectivity index (χ3v) is 3.28. The van der Waals surface area contributed by atoms with Crippen LogP contribution in [-0.4, -0.2) is 36.9 Å². The van der Waals surface area contributed by atoms with E-state index in [2.05, 4.69) is 5.32 Å². The molecule has 2 N–H and O–H groups in total. The normalized spacial score (nSPS) is 12.8. The van der Waals surface area contributed by atoms with E-state index < -0.39 is 12.0 Å². The first kappa shape index (κ1) is 16.8. The van der Waals surface area contributed by atoms with E-state index in [1.165, 1.54) is 0 Å². The summed E-state index contributed by atoms with van der Waals surface area (Å²) in [6, 6.07) is 6.93. The summed E-state index contributed by atoms with van der Waals surface area (Å²) < 4.78 is 10.8. The molecular weight excluding hydrogens is 306 g/mol. The first-order valence-corrected chi connectivity index (χ1v) is 7.57. The van der Waals surface area contributed by atoms with E-state index in [1.54, 1.807) is 18.2 Å². The van der Waals surface area contributed by atoms with Gasteiger partial charge in [-0.05, 0) is 18.1 Å². The molecule has 1 aromatic carbocycles. The van der Waals surface area contributed by atoms with Gasteiger partial charge in [0, 0.05) is 18.5 Å². The Balaban J connectivity index is 1.87. The third kappa shape index (κ3) is 4.47. The van der Waals surface area contributed by atoms with Crippen LogP contribution in [0.2, 0.25) is 5.02 Å². The van der Waals surface area contributed by atoms with Crippen molar-refractivity contribution < 1.29 is 19.1 Å². The molecule has 6 heteroatoms. The number of hydrogen-bond donors (Lipinski definition) is 2. The quantitative estimate of drug-likeness (QED) is 0.821. The summed E-state index contributed by atoms with van der Waals surface area (Å²) >= 11 is 6.00. The van der Waals surface area contributed by atoms with Gasteiger partial charge in [0.25, 0.3) is 5.91 Å². The molecule has 0 bridgehead atoms. The molecular formula is C16H20ClNO4. The fraction of sp³-hybridized carbons (Fsp3) is 0.438. The summed E-state index contributed by atoms with van der Waals surface area (Å²) in [5, 5.41) is 13.6. The highest BCUT2D eigenvalue weighted by molar-refractivity contribution is 6.34. The smallest absolute Gasteiger partial charge is 0.287 e. The van der Waals surface area contributed by atoms with Crippen LogP contribution in [0.25, 0.3) is 11.0 Å². The van der Waals surface area contributed by atoms with Crippen LogP contribution in [-0.2, 0) is 4.74 Å². The first-order chi connectivity index (χ1) is 10.5. The molecule has 1 amide bonds. The molecule has 0 aliphatic carbocycles. The molecule has 0 fully saturated rings. The topological polar surface area (TPSA) is 71.7 Å². The summed E-state index contributed by atoms with van der Waals surface area (Å²) in [7, 11) is 0. The van der Waals surface area contributed by atoms with Crippen molar-refractivity contribution in [1.82, 2.24) is 5.32 Å². The van der Waals surface area contributed by atoms with E-state index in [-0.39, 0.29) is 18.9 Å². The maximum Gasteiger partial charge on any atom is 0.287 e. The number of furan rings is 1. The Labute approximate surface area is 134 Å².